The van der Waals surface area contributed by atoms with Gasteiger partial charge in [-0.25, -0.2) is 4.98 Å². The lowest BCUT2D eigenvalue weighted by atomic mass is 9.98. The molecule has 0 bridgehead atoms. The average molecular weight is 474 g/mol. The van der Waals surface area contributed by atoms with Crippen molar-refractivity contribution in [1.82, 2.24) is 10.3 Å². The van der Waals surface area contributed by atoms with E-state index in [1.807, 2.05) is 44.2 Å². The van der Waals surface area contributed by atoms with Gasteiger partial charge >= 0.3 is 0 Å². The number of anilines is 1. The molecule has 1 heterocycles. The van der Waals surface area contributed by atoms with E-state index >= 15 is 0 Å². The van der Waals surface area contributed by atoms with Crippen molar-refractivity contribution in [2.75, 3.05) is 5.32 Å². The smallest absolute Gasteiger partial charge is 0.257 e. The Morgan fingerprint density at radius 1 is 1.12 bits per heavy atom. The molecular formula is C27H27N3O3S. The maximum atomic E-state index is 12.5. The van der Waals surface area contributed by atoms with Crippen molar-refractivity contribution in [2.24, 2.45) is 0 Å². The Labute approximate surface area is 204 Å². The number of aryl methyl sites for hydroxylation is 2. The minimum atomic E-state index is -0.293. The molecule has 0 saturated heterocycles. The van der Waals surface area contributed by atoms with Gasteiger partial charge in [-0.05, 0) is 79.9 Å². The van der Waals surface area contributed by atoms with Crippen LogP contribution in [0.15, 0.2) is 59.0 Å². The minimum Gasteiger partial charge on any atom is -0.507 e. The number of thiocarbonyl (C=S) groups is 1. The van der Waals surface area contributed by atoms with Gasteiger partial charge in [-0.2, -0.15) is 0 Å². The molecule has 174 valence electrons. The summed E-state index contributed by atoms with van der Waals surface area (Å²) in [4.78, 5) is 17.1. The Balaban J connectivity index is 1.48. The number of nitrogens with one attached hydrogen (secondary N) is 2. The number of oxazole rings is 1. The average Bonchev–Trinajstić information content (AvgIpc) is 3.21. The molecule has 0 saturated carbocycles. The number of fused-ring (bicyclic) bond motifs is 1. The summed E-state index contributed by atoms with van der Waals surface area (Å²) >= 11 is 5.28. The first kappa shape index (κ1) is 23.4. The molecule has 7 heteroatoms. The second-order valence-electron chi connectivity index (χ2n) is 8.51. The maximum absolute atomic E-state index is 12.5. The van der Waals surface area contributed by atoms with Crippen LogP contribution in [0.25, 0.3) is 22.6 Å². The molecule has 6 nitrogen and oxygen atoms in total. The number of phenols is 1. The minimum absolute atomic E-state index is 0.0118. The van der Waals surface area contributed by atoms with Gasteiger partial charge in [-0.15, -0.1) is 0 Å². The van der Waals surface area contributed by atoms with Gasteiger partial charge in [0.1, 0.15) is 11.3 Å². The van der Waals surface area contributed by atoms with Crippen LogP contribution in [0.1, 0.15) is 53.2 Å². The van der Waals surface area contributed by atoms with Crippen molar-refractivity contribution in [2.45, 2.75) is 40.0 Å². The summed E-state index contributed by atoms with van der Waals surface area (Å²) in [5, 5.41) is 16.4. The predicted molar refractivity (Wildman–Crippen MR) is 139 cm³/mol. The van der Waals surface area contributed by atoms with Gasteiger partial charge in [0.25, 0.3) is 5.91 Å². The van der Waals surface area contributed by atoms with Crippen molar-refractivity contribution in [3.8, 4) is 17.2 Å². The first-order chi connectivity index (χ1) is 16.2. The van der Waals surface area contributed by atoms with Gasteiger partial charge in [0.2, 0.25) is 5.89 Å². The fraction of sp³-hybridized carbons (Fsp3) is 0.222. The van der Waals surface area contributed by atoms with Gasteiger partial charge in [-0.3, -0.25) is 10.1 Å². The van der Waals surface area contributed by atoms with Gasteiger partial charge in [0.05, 0.1) is 5.56 Å². The van der Waals surface area contributed by atoms with Crippen LogP contribution in [-0.4, -0.2) is 21.1 Å². The van der Waals surface area contributed by atoms with Gasteiger partial charge in [0.15, 0.2) is 10.7 Å². The summed E-state index contributed by atoms with van der Waals surface area (Å²) in [6.45, 7) is 8.18. The predicted octanol–water partition coefficient (Wildman–Crippen LogP) is 6.46. The highest BCUT2D eigenvalue weighted by molar-refractivity contribution is 7.80. The highest BCUT2D eigenvalue weighted by atomic mass is 32.1. The van der Waals surface area contributed by atoms with E-state index in [2.05, 4.69) is 29.5 Å². The molecule has 1 unspecified atom stereocenters. The number of hydrogen-bond donors (Lipinski definition) is 3. The lowest BCUT2D eigenvalue weighted by molar-refractivity contribution is 0.0977. The largest absolute Gasteiger partial charge is 0.507 e. The number of aromatic nitrogens is 1. The third-order valence-corrected chi connectivity index (χ3v) is 6.14. The van der Waals surface area contributed by atoms with Gasteiger partial charge < -0.3 is 14.8 Å². The summed E-state index contributed by atoms with van der Waals surface area (Å²) in [6, 6.07) is 16.5. The van der Waals surface area contributed by atoms with Crippen LogP contribution in [0.4, 0.5) is 5.69 Å². The highest BCUT2D eigenvalue weighted by Crippen LogP contribution is 2.34. The second kappa shape index (κ2) is 9.65. The summed E-state index contributed by atoms with van der Waals surface area (Å²) in [5.41, 5.74) is 6.13. The van der Waals surface area contributed by atoms with E-state index in [-0.39, 0.29) is 16.8 Å². The van der Waals surface area contributed by atoms with E-state index in [1.165, 1.54) is 11.6 Å². The van der Waals surface area contributed by atoms with Crippen molar-refractivity contribution in [3.63, 3.8) is 0 Å². The first-order valence-electron chi connectivity index (χ1n) is 11.2. The standard InChI is InChI=1S/C27H27N3O3S/c1-5-16(3)18-7-11-24-22(13-18)29-26(33-24)21-10-8-19(14-23(21)31)28-27(34)30-25(32)20-9-6-15(2)12-17(20)4/h6-14,16,31H,5H2,1-4H3,(H2,28,30,32,34). The summed E-state index contributed by atoms with van der Waals surface area (Å²) in [6.07, 6.45) is 1.04. The number of nitrogens with zero attached hydrogens (tertiary/aromatic N) is 1. The highest BCUT2D eigenvalue weighted by Gasteiger charge is 2.15. The zero-order valence-electron chi connectivity index (χ0n) is 19.6. The third-order valence-electron chi connectivity index (χ3n) is 5.93. The van der Waals surface area contributed by atoms with Crippen molar-refractivity contribution >= 4 is 40.0 Å². The zero-order chi connectivity index (χ0) is 24.4. The van der Waals surface area contributed by atoms with E-state index in [1.54, 1.807) is 18.2 Å². The molecule has 0 fully saturated rings. The maximum Gasteiger partial charge on any atom is 0.257 e. The second-order valence-corrected chi connectivity index (χ2v) is 8.92. The van der Waals surface area contributed by atoms with Crippen LogP contribution < -0.4 is 10.6 Å². The van der Waals surface area contributed by atoms with Crippen LogP contribution in [0.3, 0.4) is 0 Å². The number of hydrogen-bond acceptors (Lipinski definition) is 5. The molecule has 34 heavy (non-hydrogen) atoms. The summed E-state index contributed by atoms with van der Waals surface area (Å²) < 4.78 is 5.87. The Morgan fingerprint density at radius 3 is 2.62 bits per heavy atom. The van der Waals surface area contributed by atoms with E-state index in [0.29, 0.717) is 34.2 Å². The van der Waals surface area contributed by atoms with Crippen LogP contribution in [0.2, 0.25) is 0 Å². The molecule has 4 aromatic rings. The topological polar surface area (TPSA) is 87.4 Å². The molecule has 1 aromatic heterocycles. The Morgan fingerprint density at radius 2 is 1.91 bits per heavy atom. The molecule has 1 atom stereocenters. The quantitative estimate of drug-likeness (QED) is 0.289. The molecule has 1 amide bonds. The number of phenolic OH excluding ortho intramolecular Hbond substituents is 1. The molecule has 0 radical (unpaired) electrons. The number of aromatic hydroxyl groups is 1. The lowest BCUT2D eigenvalue weighted by Crippen LogP contribution is -2.34. The normalized spacial score (nSPS) is 11.9. The summed E-state index contributed by atoms with van der Waals surface area (Å²) in [7, 11) is 0. The molecule has 3 aromatic carbocycles. The Hall–Kier alpha value is -3.71. The van der Waals surface area contributed by atoms with Crippen molar-refractivity contribution in [3.05, 3.63) is 76.9 Å². The number of carbonyl (C=O) groups is 1. The summed E-state index contributed by atoms with van der Waals surface area (Å²) in [5.74, 6) is 0.468. The monoisotopic (exact) mass is 473 g/mol. The van der Waals surface area contributed by atoms with Crippen LogP contribution >= 0.6 is 12.2 Å². The van der Waals surface area contributed by atoms with Gasteiger partial charge in [-0.1, -0.05) is 37.6 Å². The van der Waals surface area contributed by atoms with E-state index < -0.39 is 0 Å². The van der Waals surface area contributed by atoms with Crippen LogP contribution in [0, 0.1) is 13.8 Å². The Bertz CT molecular complexity index is 1390. The lowest BCUT2D eigenvalue weighted by Gasteiger charge is -2.12. The molecular weight excluding hydrogens is 446 g/mol. The fourth-order valence-electron chi connectivity index (χ4n) is 3.79. The van der Waals surface area contributed by atoms with E-state index in [4.69, 9.17) is 16.6 Å². The number of amides is 1. The molecule has 4 rings (SSSR count). The number of rotatable bonds is 5. The number of carbonyl (C=O) groups excluding carboxylic acids is 1. The van der Waals surface area contributed by atoms with Crippen LogP contribution in [0.5, 0.6) is 5.75 Å². The molecule has 0 aliphatic carbocycles. The van der Waals surface area contributed by atoms with Gasteiger partial charge in [0, 0.05) is 17.3 Å². The SMILES string of the molecule is CCC(C)c1ccc2oc(-c3ccc(NC(=S)NC(=O)c4ccc(C)cc4C)cc3O)nc2c1. The zero-order valence-corrected chi connectivity index (χ0v) is 20.4. The Kier molecular flexibility index (Phi) is 6.65. The first-order valence-corrected chi connectivity index (χ1v) is 11.6. The molecule has 0 aliphatic rings. The molecule has 0 spiro atoms. The molecule has 3 N–H and O–H groups in total. The van der Waals surface area contributed by atoms with Crippen molar-refractivity contribution in [1.29, 1.82) is 0 Å². The fourth-order valence-corrected chi connectivity index (χ4v) is 4.00. The van der Waals surface area contributed by atoms with E-state index in [0.717, 1.165) is 23.1 Å². The molecule has 0 aliphatic heterocycles. The van der Waals surface area contributed by atoms with E-state index in [9.17, 15) is 9.90 Å². The number of benzene rings is 3. The third kappa shape index (κ3) is 4.94. The van der Waals surface area contributed by atoms with Crippen LogP contribution in [-0.2, 0) is 0 Å². The van der Waals surface area contributed by atoms with Crippen molar-refractivity contribution < 1.29 is 14.3 Å².